The Morgan fingerprint density at radius 2 is 1.94 bits per heavy atom. The Kier molecular flexibility index (Phi) is 3.41. The Hall–Kier alpha value is -2.17. The van der Waals surface area contributed by atoms with E-state index in [0.29, 0.717) is 6.42 Å². The average molecular weight is 247 g/mol. The molecule has 0 saturated carbocycles. The molecule has 2 N–H and O–H groups in total. The van der Waals surface area contributed by atoms with Crippen molar-refractivity contribution in [3.63, 3.8) is 0 Å². The molecule has 2 atom stereocenters. The minimum absolute atomic E-state index is 0.113. The maximum atomic E-state index is 11.7. The maximum absolute atomic E-state index is 11.7. The fraction of sp³-hybridized carbons (Fsp3) is 0.308. The fourth-order valence-corrected chi connectivity index (χ4v) is 2.20. The van der Waals surface area contributed by atoms with Crippen LogP contribution in [0.15, 0.2) is 30.3 Å². The molecule has 0 unspecified atom stereocenters. The molecule has 0 aliphatic carbocycles. The Bertz CT molecular complexity index is 483. The van der Waals surface area contributed by atoms with Gasteiger partial charge in [-0.2, -0.15) is 0 Å². The molecule has 0 spiro atoms. The van der Waals surface area contributed by atoms with Crippen LogP contribution >= 0.6 is 0 Å². The molecule has 1 heterocycles. The number of carbonyl (C=O) groups excluding carboxylic acids is 2. The molecule has 1 fully saturated rings. The highest BCUT2D eigenvalue weighted by atomic mass is 16.4. The summed E-state index contributed by atoms with van der Waals surface area (Å²) in [6.45, 7) is 0.113. The molecule has 2 rings (SSSR count). The smallest absolute Gasteiger partial charge is 0.372 e. The first-order chi connectivity index (χ1) is 8.59. The molecule has 94 valence electrons. The zero-order chi connectivity index (χ0) is 13.1. The molecule has 0 aromatic heterocycles. The molecule has 5 heteroatoms. The first-order valence-corrected chi connectivity index (χ1v) is 5.68. The van der Waals surface area contributed by atoms with Crippen molar-refractivity contribution in [3.05, 3.63) is 35.9 Å². The van der Waals surface area contributed by atoms with Crippen LogP contribution in [0.4, 0.5) is 0 Å². The van der Waals surface area contributed by atoms with E-state index in [4.69, 9.17) is 5.11 Å². The lowest BCUT2D eigenvalue weighted by Crippen LogP contribution is -2.31. The third-order valence-corrected chi connectivity index (χ3v) is 3.16. The number of carboxylic acid groups (broad SMARTS) is 1. The molecular formula is C13H13NO4. The monoisotopic (exact) mass is 247 g/mol. The van der Waals surface area contributed by atoms with E-state index in [1.807, 2.05) is 30.3 Å². The molecular weight excluding hydrogens is 234 g/mol. The first kappa shape index (κ1) is 12.3. The van der Waals surface area contributed by atoms with Crippen LogP contribution in [-0.2, 0) is 20.8 Å². The van der Waals surface area contributed by atoms with Crippen LogP contribution in [0.5, 0.6) is 0 Å². The number of hydrogen-bond donors (Lipinski definition) is 2. The van der Waals surface area contributed by atoms with Crippen LogP contribution in [0.25, 0.3) is 0 Å². The molecule has 5 nitrogen and oxygen atoms in total. The Labute approximate surface area is 104 Å². The zero-order valence-electron chi connectivity index (χ0n) is 9.63. The van der Waals surface area contributed by atoms with Crippen LogP contribution in [-0.4, -0.2) is 29.3 Å². The second-order valence-electron chi connectivity index (χ2n) is 4.32. The number of ketones is 1. The Morgan fingerprint density at radius 3 is 2.56 bits per heavy atom. The van der Waals surface area contributed by atoms with Gasteiger partial charge in [-0.05, 0) is 12.0 Å². The number of rotatable bonds is 4. The van der Waals surface area contributed by atoms with Gasteiger partial charge in [-0.1, -0.05) is 30.3 Å². The predicted octanol–water partition coefficient (Wildman–Crippen LogP) is 0.245. The van der Waals surface area contributed by atoms with Crippen LogP contribution < -0.4 is 5.32 Å². The van der Waals surface area contributed by atoms with Crippen molar-refractivity contribution in [2.24, 2.45) is 11.8 Å². The van der Waals surface area contributed by atoms with Crippen molar-refractivity contribution >= 4 is 17.7 Å². The van der Waals surface area contributed by atoms with E-state index in [2.05, 4.69) is 5.32 Å². The molecule has 1 aromatic carbocycles. The van der Waals surface area contributed by atoms with Gasteiger partial charge in [0.1, 0.15) is 0 Å². The van der Waals surface area contributed by atoms with Crippen molar-refractivity contribution < 1.29 is 19.5 Å². The molecule has 1 aromatic rings. The van der Waals surface area contributed by atoms with Gasteiger partial charge in [0.2, 0.25) is 11.7 Å². The van der Waals surface area contributed by atoms with E-state index >= 15 is 0 Å². The van der Waals surface area contributed by atoms with Crippen LogP contribution in [0.1, 0.15) is 5.56 Å². The largest absolute Gasteiger partial charge is 0.475 e. The number of nitrogens with one attached hydrogen (secondary N) is 1. The molecule has 0 radical (unpaired) electrons. The second-order valence-corrected chi connectivity index (χ2v) is 4.32. The first-order valence-electron chi connectivity index (χ1n) is 5.68. The zero-order valence-corrected chi connectivity index (χ0v) is 9.63. The predicted molar refractivity (Wildman–Crippen MR) is 62.8 cm³/mol. The highest BCUT2D eigenvalue weighted by Gasteiger charge is 2.41. The summed E-state index contributed by atoms with van der Waals surface area (Å²) in [6.07, 6.45) is 0.385. The van der Waals surface area contributed by atoms with Gasteiger partial charge in [0, 0.05) is 6.54 Å². The van der Waals surface area contributed by atoms with E-state index in [-0.39, 0.29) is 12.5 Å². The van der Waals surface area contributed by atoms with E-state index in [1.54, 1.807) is 0 Å². The van der Waals surface area contributed by atoms with Gasteiger partial charge in [0.25, 0.3) is 0 Å². The lowest BCUT2D eigenvalue weighted by molar-refractivity contribution is -0.151. The molecule has 1 aliphatic heterocycles. The number of benzene rings is 1. The van der Waals surface area contributed by atoms with Gasteiger partial charge in [0.05, 0.1) is 11.8 Å². The summed E-state index contributed by atoms with van der Waals surface area (Å²) < 4.78 is 0. The van der Waals surface area contributed by atoms with Crippen molar-refractivity contribution in [2.45, 2.75) is 6.42 Å². The summed E-state index contributed by atoms with van der Waals surface area (Å²) in [6, 6.07) is 9.26. The van der Waals surface area contributed by atoms with E-state index in [0.717, 1.165) is 5.56 Å². The molecule has 1 amide bonds. The lowest BCUT2D eigenvalue weighted by atomic mass is 9.86. The summed E-state index contributed by atoms with van der Waals surface area (Å²) >= 11 is 0. The fourth-order valence-electron chi connectivity index (χ4n) is 2.20. The maximum Gasteiger partial charge on any atom is 0.372 e. The third kappa shape index (κ3) is 2.40. The number of hydrogen-bond acceptors (Lipinski definition) is 3. The minimum Gasteiger partial charge on any atom is -0.475 e. The minimum atomic E-state index is -1.48. The second kappa shape index (κ2) is 5.00. The van der Waals surface area contributed by atoms with Gasteiger partial charge in [0.15, 0.2) is 0 Å². The van der Waals surface area contributed by atoms with Gasteiger partial charge in [-0.25, -0.2) is 4.79 Å². The summed E-state index contributed by atoms with van der Waals surface area (Å²) in [5, 5.41) is 11.3. The topological polar surface area (TPSA) is 83.5 Å². The van der Waals surface area contributed by atoms with Crippen molar-refractivity contribution in [2.75, 3.05) is 6.54 Å². The van der Waals surface area contributed by atoms with Crippen LogP contribution in [0.3, 0.4) is 0 Å². The highest BCUT2D eigenvalue weighted by molar-refractivity contribution is 6.34. The van der Waals surface area contributed by atoms with Gasteiger partial charge in [-0.15, -0.1) is 0 Å². The summed E-state index contributed by atoms with van der Waals surface area (Å²) in [7, 11) is 0. The number of carboxylic acids is 1. The number of amides is 1. The van der Waals surface area contributed by atoms with Gasteiger partial charge < -0.3 is 10.4 Å². The van der Waals surface area contributed by atoms with Crippen molar-refractivity contribution in [1.82, 2.24) is 5.32 Å². The quantitative estimate of drug-likeness (QED) is 0.747. The molecule has 18 heavy (non-hydrogen) atoms. The average Bonchev–Trinajstić information content (AvgIpc) is 2.71. The Morgan fingerprint density at radius 1 is 1.28 bits per heavy atom. The SMILES string of the molecule is O=C(O)C(=O)[C@H]1CNC(=O)[C@@H]1Cc1ccccc1. The van der Waals surface area contributed by atoms with E-state index < -0.39 is 23.6 Å². The van der Waals surface area contributed by atoms with Crippen molar-refractivity contribution in [1.29, 1.82) is 0 Å². The van der Waals surface area contributed by atoms with Crippen molar-refractivity contribution in [3.8, 4) is 0 Å². The number of Topliss-reactive ketones (excluding diaryl/α,β-unsaturated/α-hetero) is 1. The van der Waals surface area contributed by atoms with Gasteiger partial charge >= 0.3 is 5.97 Å². The molecule has 1 saturated heterocycles. The number of carbonyl (C=O) groups is 3. The summed E-state index contributed by atoms with van der Waals surface area (Å²) in [5.41, 5.74) is 0.919. The molecule has 1 aliphatic rings. The normalized spacial score (nSPS) is 22.6. The lowest BCUT2D eigenvalue weighted by Gasteiger charge is -2.13. The number of aliphatic carboxylic acids is 1. The standard InChI is InChI=1S/C13H13NO4/c15-11(13(17)18)10-7-14-12(16)9(10)6-8-4-2-1-3-5-8/h1-5,9-10H,6-7H2,(H,14,16)(H,17,18)/t9-,10+/m1/s1. The van der Waals surface area contributed by atoms with Crippen LogP contribution in [0, 0.1) is 11.8 Å². The van der Waals surface area contributed by atoms with E-state index in [9.17, 15) is 14.4 Å². The highest BCUT2D eigenvalue weighted by Crippen LogP contribution is 2.23. The summed E-state index contributed by atoms with van der Waals surface area (Å²) in [5.74, 6) is -3.98. The molecule has 0 bridgehead atoms. The Balaban J connectivity index is 2.16. The van der Waals surface area contributed by atoms with Gasteiger partial charge in [-0.3, -0.25) is 9.59 Å². The van der Waals surface area contributed by atoms with Crippen LogP contribution in [0.2, 0.25) is 0 Å². The third-order valence-electron chi connectivity index (χ3n) is 3.16. The van der Waals surface area contributed by atoms with E-state index in [1.165, 1.54) is 0 Å². The summed E-state index contributed by atoms with van der Waals surface area (Å²) in [4.78, 5) is 33.9.